The van der Waals surface area contributed by atoms with Gasteiger partial charge in [-0.05, 0) is 13.8 Å². The zero-order valence-electron chi connectivity index (χ0n) is 14.1. The topological polar surface area (TPSA) is 115 Å². The minimum Gasteiger partial charge on any atom is -0.382 e. The van der Waals surface area contributed by atoms with E-state index in [2.05, 4.69) is 4.98 Å². The van der Waals surface area contributed by atoms with Gasteiger partial charge in [0.2, 0.25) is 0 Å². The van der Waals surface area contributed by atoms with Gasteiger partial charge in [-0.15, -0.1) is 0 Å². The fourth-order valence-electron chi connectivity index (χ4n) is 2.79. The Morgan fingerprint density at radius 3 is 2.78 bits per heavy atom. The van der Waals surface area contributed by atoms with Crippen LogP contribution in [0.4, 0.5) is 19.0 Å². The van der Waals surface area contributed by atoms with Crippen molar-refractivity contribution < 1.29 is 36.0 Å². The summed E-state index contributed by atoms with van der Waals surface area (Å²) >= 11 is 5.77. The predicted octanol–water partition coefficient (Wildman–Crippen LogP) is 2.30. The van der Waals surface area contributed by atoms with Crippen LogP contribution in [0.3, 0.4) is 0 Å². The molecule has 0 amide bonds. The van der Waals surface area contributed by atoms with Crippen molar-refractivity contribution in [3.63, 3.8) is 0 Å². The maximum atomic E-state index is 15.0. The second-order valence-electron chi connectivity index (χ2n) is 6.27. The number of hydrogen-bond acceptors (Lipinski definition) is 8. The van der Waals surface area contributed by atoms with E-state index in [1.165, 1.54) is 13.8 Å². The monoisotopic (exact) mass is 433 g/mol. The number of phosphoric ester groups is 1. The van der Waals surface area contributed by atoms with Crippen LogP contribution in [0.5, 0.6) is 0 Å². The summed E-state index contributed by atoms with van der Waals surface area (Å²) in [7, 11) is -4.31. The molecule has 152 valence electrons. The van der Waals surface area contributed by atoms with Crippen LogP contribution in [0.2, 0.25) is 5.02 Å². The summed E-state index contributed by atoms with van der Waals surface area (Å²) < 4.78 is 75.5. The van der Waals surface area contributed by atoms with Gasteiger partial charge in [0.25, 0.3) is 6.43 Å². The van der Waals surface area contributed by atoms with E-state index in [0.717, 1.165) is 6.20 Å². The molecule has 3 heterocycles. The molecule has 0 saturated carbocycles. The molecule has 2 saturated heterocycles. The summed E-state index contributed by atoms with van der Waals surface area (Å²) in [5.74, 6) is -0.318. The number of ether oxygens (including phenoxy) is 1. The van der Waals surface area contributed by atoms with E-state index in [0.29, 0.717) is 4.57 Å². The van der Waals surface area contributed by atoms with Crippen LogP contribution in [-0.2, 0) is 22.9 Å². The van der Waals surface area contributed by atoms with E-state index in [-0.39, 0.29) is 10.8 Å². The molecular weight excluding hydrogens is 418 g/mol. The van der Waals surface area contributed by atoms with Gasteiger partial charge in [-0.3, -0.25) is 18.1 Å². The maximum absolute atomic E-state index is 15.0. The van der Waals surface area contributed by atoms with E-state index in [4.69, 9.17) is 35.6 Å². The molecule has 5 unspecified atom stereocenters. The maximum Gasteiger partial charge on any atom is 0.475 e. The van der Waals surface area contributed by atoms with Crippen LogP contribution in [0.1, 0.15) is 20.1 Å². The third kappa shape index (κ3) is 3.50. The SMILES string of the molecule is CC(C)OP1(=O)OCC2(C(F)F)OC(n3cc(Cl)c(N)nc3=O)C(F)C2O1. The highest BCUT2D eigenvalue weighted by atomic mass is 35.5. The minimum absolute atomic E-state index is 0.211. The second-order valence-corrected chi connectivity index (χ2v) is 8.25. The first-order chi connectivity index (χ1) is 12.5. The smallest absolute Gasteiger partial charge is 0.382 e. The number of phosphoric acid groups is 1. The molecule has 0 radical (unpaired) electrons. The number of halogens is 4. The van der Waals surface area contributed by atoms with E-state index in [9.17, 15) is 18.1 Å². The van der Waals surface area contributed by atoms with Crippen LogP contribution in [-0.4, -0.2) is 46.6 Å². The number of aromatic nitrogens is 2. The average Bonchev–Trinajstić information content (AvgIpc) is 2.84. The summed E-state index contributed by atoms with van der Waals surface area (Å²) in [6.45, 7) is 2.04. The highest BCUT2D eigenvalue weighted by Crippen LogP contribution is 2.61. The second kappa shape index (κ2) is 7.02. The van der Waals surface area contributed by atoms with E-state index >= 15 is 4.39 Å². The van der Waals surface area contributed by atoms with Gasteiger partial charge in [0.15, 0.2) is 18.0 Å². The Morgan fingerprint density at radius 2 is 2.19 bits per heavy atom. The number of alkyl halides is 3. The molecule has 5 atom stereocenters. The lowest BCUT2D eigenvalue weighted by Gasteiger charge is -2.39. The van der Waals surface area contributed by atoms with Gasteiger partial charge in [-0.1, -0.05) is 11.6 Å². The van der Waals surface area contributed by atoms with Gasteiger partial charge in [0, 0.05) is 6.20 Å². The molecule has 14 heteroatoms. The number of rotatable bonds is 4. The first kappa shape index (κ1) is 20.6. The lowest BCUT2D eigenvalue weighted by molar-refractivity contribution is -0.208. The molecule has 2 aliphatic rings. The summed E-state index contributed by atoms with van der Waals surface area (Å²) in [5, 5.41) is -0.211. The average molecular weight is 434 g/mol. The number of nitrogen functional groups attached to an aromatic ring is 1. The molecule has 2 fully saturated rings. The number of anilines is 1. The highest BCUT2D eigenvalue weighted by molar-refractivity contribution is 7.48. The third-order valence-corrected chi connectivity index (χ3v) is 5.89. The van der Waals surface area contributed by atoms with Crippen molar-refractivity contribution in [3.8, 4) is 0 Å². The van der Waals surface area contributed by atoms with Crippen molar-refractivity contribution in [2.24, 2.45) is 0 Å². The quantitative estimate of drug-likeness (QED) is 0.719. The zero-order chi connectivity index (χ0) is 20.1. The molecule has 0 bridgehead atoms. The molecule has 9 nitrogen and oxygen atoms in total. The third-order valence-electron chi connectivity index (χ3n) is 3.99. The summed E-state index contributed by atoms with van der Waals surface area (Å²) in [4.78, 5) is 15.4. The van der Waals surface area contributed by atoms with Gasteiger partial charge in [-0.2, -0.15) is 4.98 Å². The normalized spacial score (nSPS) is 36.4. The van der Waals surface area contributed by atoms with Crippen molar-refractivity contribution in [3.05, 3.63) is 21.7 Å². The number of hydrogen-bond donors (Lipinski definition) is 1. The standard InChI is InChI=1S/C13H16ClF3N3O6P/c1-5(2)25-27(22)23-4-13(11(16)17)8(26-27)7(15)10(24-13)20-3-6(14)9(18)19-12(20)21/h3,5,7-8,10-11H,4H2,1-2H3,(H2,18,19,21). The van der Waals surface area contributed by atoms with E-state index < -0.39 is 56.8 Å². The summed E-state index contributed by atoms with van der Waals surface area (Å²) in [6, 6.07) is 0. The Bertz CT molecular complexity index is 842. The summed E-state index contributed by atoms with van der Waals surface area (Å²) in [5.41, 5.74) is 1.71. The fraction of sp³-hybridized carbons (Fsp3) is 0.692. The molecule has 0 spiro atoms. The van der Waals surface area contributed by atoms with Crippen LogP contribution < -0.4 is 11.4 Å². The Kier molecular flexibility index (Phi) is 5.34. The van der Waals surface area contributed by atoms with Crippen LogP contribution >= 0.6 is 19.4 Å². The van der Waals surface area contributed by atoms with Crippen LogP contribution in [0.15, 0.2) is 11.0 Å². The molecule has 3 rings (SSSR count). The Labute approximate surface area is 156 Å². The highest BCUT2D eigenvalue weighted by Gasteiger charge is 2.68. The van der Waals surface area contributed by atoms with E-state index in [1.807, 2.05) is 0 Å². The number of fused-ring (bicyclic) bond motifs is 1. The Balaban J connectivity index is 2.00. The first-order valence-corrected chi connectivity index (χ1v) is 9.58. The molecule has 2 N–H and O–H groups in total. The van der Waals surface area contributed by atoms with Gasteiger partial charge in [0.05, 0.1) is 17.7 Å². The van der Waals surface area contributed by atoms with Gasteiger partial charge in [0.1, 0.15) is 11.9 Å². The van der Waals surface area contributed by atoms with Crippen molar-refractivity contribution in [1.29, 1.82) is 0 Å². The molecule has 27 heavy (non-hydrogen) atoms. The molecule has 2 aliphatic heterocycles. The van der Waals surface area contributed by atoms with Crippen LogP contribution in [0.25, 0.3) is 0 Å². The van der Waals surface area contributed by atoms with Crippen molar-refractivity contribution in [1.82, 2.24) is 9.55 Å². The minimum atomic E-state index is -4.31. The van der Waals surface area contributed by atoms with Crippen molar-refractivity contribution >= 4 is 25.2 Å². The first-order valence-electron chi connectivity index (χ1n) is 7.74. The Morgan fingerprint density at radius 1 is 1.52 bits per heavy atom. The summed E-state index contributed by atoms with van der Waals surface area (Å²) in [6.07, 6.45) is -9.25. The predicted molar refractivity (Wildman–Crippen MR) is 86.3 cm³/mol. The van der Waals surface area contributed by atoms with Crippen molar-refractivity contribution in [2.75, 3.05) is 12.3 Å². The van der Waals surface area contributed by atoms with E-state index in [1.54, 1.807) is 0 Å². The zero-order valence-corrected chi connectivity index (χ0v) is 15.7. The number of nitrogens with zero attached hydrogens (tertiary/aromatic N) is 2. The lowest BCUT2D eigenvalue weighted by atomic mass is 9.97. The largest absolute Gasteiger partial charge is 0.475 e. The van der Waals surface area contributed by atoms with Crippen molar-refractivity contribution in [2.45, 2.75) is 50.5 Å². The fourth-order valence-corrected chi connectivity index (χ4v) is 4.56. The van der Waals surface area contributed by atoms with Gasteiger partial charge < -0.3 is 10.5 Å². The van der Waals surface area contributed by atoms with Gasteiger partial charge in [-0.25, -0.2) is 22.5 Å². The Hall–Kier alpha value is -1.17. The number of nitrogens with two attached hydrogens (primary N) is 1. The lowest BCUT2D eigenvalue weighted by Crippen LogP contribution is -2.55. The molecule has 1 aromatic rings. The molecule has 0 aromatic carbocycles. The van der Waals surface area contributed by atoms with Crippen LogP contribution in [0, 0.1) is 0 Å². The molecular formula is C13H16ClF3N3O6P. The molecule has 1 aromatic heterocycles. The van der Waals surface area contributed by atoms with Gasteiger partial charge >= 0.3 is 13.5 Å². The molecule has 0 aliphatic carbocycles.